The number of amides is 2. The molecule has 1 unspecified atom stereocenters. The highest BCUT2D eigenvalue weighted by atomic mass is 19.1. The molecular formula is C24H20F2N2O2. The minimum absolute atomic E-state index is 0.0945. The molecule has 0 aromatic heterocycles. The highest BCUT2D eigenvalue weighted by Gasteiger charge is 2.33. The number of halogens is 2. The highest BCUT2D eigenvalue weighted by Crippen LogP contribution is 2.36. The predicted octanol–water partition coefficient (Wildman–Crippen LogP) is 4.39. The van der Waals surface area contributed by atoms with Crippen LogP contribution in [0.15, 0.2) is 66.7 Å². The van der Waals surface area contributed by atoms with E-state index in [2.05, 4.69) is 5.32 Å². The number of nitrogens with zero attached hydrogens (tertiary/aromatic N) is 1. The van der Waals surface area contributed by atoms with E-state index in [4.69, 9.17) is 0 Å². The standard InChI is InChI=1S/C24H20F2N2O2/c1-15-3-2-4-16(11-15)12-23(30)28-14-22(29)27-21-10-9-19(26)13-20(21)24(28)17-5-7-18(25)8-6-17/h2-11,13,24H,12,14H2,1H3,(H,27,29). The number of hydrogen-bond acceptors (Lipinski definition) is 2. The molecule has 1 atom stereocenters. The number of nitrogens with one attached hydrogen (secondary N) is 1. The van der Waals surface area contributed by atoms with Crippen molar-refractivity contribution in [3.63, 3.8) is 0 Å². The number of fused-ring (bicyclic) bond motifs is 1. The molecule has 0 spiro atoms. The summed E-state index contributed by atoms with van der Waals surface area (Å²) in [6, 6.07) is 16.6. The van der Waals surface area contributed by atoms with Gasteiger partial charge in [-0.3, -0.25) is 9.59 Å². The van der Waals surface area contributed by atoms with Crippen molar-refractivity contribution in [2.24, 2.45) is 0 Å². The molecule has 3 aromatic carbocycles. The second-order valence-electron chi connectivity index (χ2n) is 7.42. The summed E-state index contributed by atoms with van der Waals surface area (Å²) < 4.78 is 27.7. The van der Waals surface area contributed by atoms with E-state index in [9.17, 15) is 18.4 Å². The SMILES string of the molecule is Cc1cccc(CC(=O)N2CC(=O)Nc3ccc(F)cc3C2c2ccc(F)cc2)c1. The Hall–Kier alpha value is -3.54. The van der Waals surface area contributed by atoms with Crippen LogP contribution in [-0.4, -0.2) is 23.3 Å². The van der Waals surface area contributed by atoms with Gasteiger partial charge in [0.05, 0.1) is 12.5 Å². The molecule has 6 heteroatoms. The van der Waals surface area contributed by atoms with E-state index in [0.29, 0.717) is 16.8 Å². The number of carbonyl (C=O) groups is 2. The molecule has 1 aliphatic heterocycles. The molecule has 0 radical (unpaired) electrons. The Morgan fingerprint density at radius 3 is 2.50 bits per heavy atom. The van der Waals surface area contributed by atoms with E-state index in [1.807, 2.05) is 31.2 Å². The van der Waals surface area contributed by atoms with Crippen LogP contribution in [-0.2, 0) is 16.0 Å². The summed E-state index contributed by atoms with van der Waals surface area (Å²) in [5, 5.41) is 2.74. The van der Waals surface area contributed by atoms with Gasteiger partial charge in [0, 0.05) is 11.3 Å². The predicted molar refractivity (Wildman–Crippen MR) is 110 cm³/mol. The van der Waals surface area contributed by atoms with Crippen LogP contribution < -0.4 is 5.32 Å². The lowest BCUT2D eigenvalue weighted by Crippen LogP contribution is -2.39. The molecule has 3 aromatic rings. The van der Waals surface area contributed by atoms with Crippen molar-refractivity contribution in [1.82, 2.24) is 4.90 Å². The summed E-state index contributed by atoms with van der Waals surface area (Å²) in [7, 11) is 0. The van der Waals surface area contributed by atoms with E-state index in [0.717, 1.165) is 11.1 Å². The number of rotatable bonds is 3. The Kier molecular flexibility index (Phi) is 5.31. The number of carbonyl (C=O) groups excluding carboxylic acids is 2. The molecule has 4 nitrogen and oxygen atoms in total. The fraction of sp³-hybridized carbons (Fsp3) is 0.167. The third kappa shape index (κ3) is 4.08. The smallest absolute Gasteiger partial charge is 0.244 e. The van der Waals surface area contributed by atoms with Gasteiger partial charge in [-0.25, -0.2) is 8.78 Å². The monoisotopic (exact) mass is 406 g/mol. The summed E-state index contributed by atoms with van der Waals surface area (Å²) >= 11 is 0. The van der Waals surface area contributed by atoms with Gasteiger partial charge in [-0.15, -0.1) is 0 Å². The zero-order valence-corrected chi connectivity index (χ0v) is 16.4. The molecule has 0 aliphatic carbocycles. The highest BCUT2D eigenvalue weighted by molar-refractivity contribution is 5.97. The lowest BCUT2D eigenvalue weighted by Gasteiger charge is -2.30. The number of benzene rings is 3. The third-order valence-corrected chi connectivity index (χ3v) is 5.15. The normalized spacial score (nSPS) is 15.9. The van der Waals surface area contributed by atoms with Gasteiger partial charge in [0.2, 0.25) is 11.8 Å². The van der Waals surface area contributed by atoms with Crippen LogP contribution in [0.3, 0.4) is 0 Å². The van der Waals surface area contributed by atoms with Crippen LogP contribution in [0.2, 0.25) is 0 Å². The van der Waals surface area contributed by atoms with Gasteiger partial charge in [-0.2, -0.15) is 0 Å². The van der Waals surface area contributed by atoms with Crippen molar-refractivity contribution in [3.05, 3.63) is 101 Å². The molecule has 0 bridgehead atoms. The van der Waals surface area contributed by atoms with Gasteiger partial charge < -0.3 is 10.2 Å². The van der Waals surface area contributed by atoms with Gasteiger partial charge in [-0.05, 0) is 48.4 Å². The Morgan fingerprint density at radius 1 is 1.03 bits per heavy atom. The van der Waals surface area contributed by atoms with Crippen LogP contribution in [0.1, 0.15) is 28.3 Å². The van der Waals surface area contributed by atoms with Crippen LogP contribution in [0.25, 0.3) is 0 Å². The number of hydrogen-bond donors (Lipinski definition) is 1. The van der Waals surface area contributed by atoms with Crippen LogP contribution in [0.4, 0.5) is 14.5 Å². The maximum Gasteiger partial charge on any atom is 0.244 e. The molecule has 4 rings (SSSR count). The third-order valence-electron chi connectivity index (χ3n) is 5.15. The van der Waals surface area contributed by atoms with E-state index in [1.165, 1.54) is 35.2 Å². The van der Waals surface area contributed by atoms with Gasteiger partial charge in [0.25, 0.3) is 0 Å². The second-order valence-corrected chi connectivity index (χ2v) is 7.42. The zero-order chi connectivity index (χ0) is 21.3. The molecule has 1 aliphatic rings. The average molecular weight is 406 g/mol. The first-order valence-corrected chi connectivity index (χ1v) is 9.60. The Bertz CT molecular complexity index is 1110. The van der Waals surface area contributed by atoms with E-state index >= 15 is 0 Å². The summed E-state index contributed by atoms with van der Waals surface area (Å²) in [5.41, 5.74) is 3.32. The van der Waals surface area contributed by atoms with Gasteiger partial charge >= 0.3 is 0 Å². The largest absolute Gasteiger partial charge is 0.324 e. The molecule has 2 amide bonds. The van der Waals surface area contributed by atoms with Gasteiger partial charge in [0.15, 0.2) is 0 Å². The first kappa shape index (κ1) is 19.8. The van der Waals surface area contributed by atoms with Gasteiger partial charge in [-0.1, -0.05) is 42.0 Å². The van der Waals surface area contributed by atoms with Gasteiger partial charge in [0.1, 0.15) is 18.2 Å². The summed E-state index contributed by atoms with van der Waals surface area (Å²) in [4.78, 5) is 27.3. The molecule has 1 N–H and O–H groups in total. The summed E-state index contributed by atoms with van der Waals surface area (Å²) in [6.45, 7) is 1.75. The van der Waals surface area contributed by atoms with Crippen molar-refractivity contribution in [3.8, 4) is 0 Å². The Balaban J connectivity index is 1.80. The lowest BCUT2D eigenvalue weighted by molar-refractivity contribution is -0.135. The second kappa shape index (κ2) is 8.06. The summed E-state index contributed by atoms with van der Waals surface area (Å²) in [6.07, 6.45) is 0.0945. The maximum absolute atomic E-state index is 14.1. The van der Waals surface area contributed by atoms with Crippen LogP contribution in [0, 0.1) is 18.6 Å². The lowest BCUT2D eigenvalue weighted by atomic mass is 9.95. The van der Waals surface area contributed by atoms with E-state index in [-0.39, 0.29) is 24.8 Å². The Morgan fingerprint density at radius 2 is 1.77 bits per heavy atom. The number of anilines is 1. The van der Waals surface area contributed by atoms with Crippen molar-refractivity contribution in [2.45, 2.75) is 19.4 Å². The minimum Gasteiger partial charge on any atom is -0.324 e. The van der Waals surface area contributed by atoms with Crippen molar-refractivity contribution in [2.75, 3.05) is 11.9 Å². The zero-order valence-electron chi connectivity index (χ0n) is 16.4. The maximum atomic E-state index is 14.1. The fourth-order valence-corrected chi connectivity index (χ4v) is 3.81. The fourth-order valence-electron chi connectivity index (χ4n) is 3.81. The minimum atomic E-state index is -0.729. The molecule has 1 heterocycles. The van der Waals surface area contributed by atoms with Crippen LogP contribution in [0.5, 0.6) is 0 Å². The average Bonchev–Trinajstić information content (AvgIpc) is 2.84. The first-order chi connectivity index (χ1) is 14.4. The van der Waals surface area contributed by atoms with Crippen LogP contribution >= 0.6 is 0 Å². The topological polar surface area (TPSA) is 49.4 Å². The van der Waals surface area contributed by atoms with Crippen molar-refractivity contribution < 1.29 is 18.4 Å². The van der Waals surface area contributed by atoms with E-state index in [1.54, 1.807) is 12.1 Å². The molecule has 152 valence electrons. The Labute approximate surface area is 173 Å². The number of aryl methyl sites for hydroxylation is 1. The summed E-state index contributed by atoms with van der Waals surface area (Å²) in [5.74, 6) is -1.55. The van der Waals surface area contributed by atoms with Crippen molar-refractivity contribution in [1.29, 1.82) is 0 Å². The molecular weight excluding hydrogens is 386 g/mol. The van der Waals surface area contributed by atoms with E-state index < -0.39 is 17.7 Å². The molecule has 0 fully saturated rings. The quantitative estimate of drug-likeness (QED) is 0.702. The first-order valence-electron chi connectivity index (χ1n) is 9.60. The molecule has 0 saturated carbocycles. The molecule has 0 saturated heterocycles. The molecule has 30 heavy (non-hydrogen) atoms. The van der Waals surface area contributed by atoms with Crippen molar-refractivity contribution >= 4 is 17.5 Å².